The summed E-state index contributed by atoms with van der Waals surface area (Å²) in [5, 5.41) is 55.4. The quantitative estimate of drug-likeness (QED) is 0.0433. The number of unbranched alkanes of at least 4 members (excludes halogenated alkanes) is 1. The number of pyridine rings is 1. The van der Waals surface area contributed by atoms with Crippen molar-refractivity contribution in [3.8, 4) is 11.5 Å². The van der Waals surface area contributed by atoms with E-state index in [9.17, 15) is 58.5 Å². The number of carbonyl (C=O) groups excluding carboxylic acids is 15. The van der Waals surface area contributed by atoms with Gasteiger partial charge in [0, 0.05) is 97.3 Å². The highest BCUT2D eigenvalue weighted by Crippen LogP contribution is 2.24. The molecule has 129 heavy (non-hydrogen) atoms. The minimum atomic E-state index is -1.91. The molecule has 0 radical (unpaired) electrons. The van der Waals surface area contributed by atoms with Crippen LogP contribution >= 0.6 is 11.8 Å². The van der Waals surface area contributed by atoms with E-state index >= 15 is 33.6 Å². The van der Waals surface area contributed by atoms with E-state index in [1.165, 1.54) is 99.8 Å². The maximum atomic E-state index is 15.5. The maximum absolute atomic E-state index is 15.5. The number of nitrogens with two attached hydrogens (primary N) is 1. The van der Waals surface area contributed by atoms with Crippen LogP contribution in [0.3, 0.4) is 0 Å². The second-order valence-electron chi connectivity index (χ2n) is 32.9. The Hall–Kier alpha value is -13.7. The van der Waals surface area contributed by atoms with Gasteiger partial charge in [-0.1, -0.05) is 163 Å². The van der Waals surface area contributed by atoms with Crippen LogP contribution in [0.5, 0.6) is 11.5 Å². The van der Waals surface area contributed by atoms with E-state index < -0.39 is 199 Å². The van der Waals surface area contributed by atoms with Crippen molar-refractivity contribution in [2.24, 2.45) is 17.6 Å². The Kier molecular flexibility index (Phi) is 38.1. The van der Waals surface area contributed by atoms with Crippen LogP contribution in [0.4, 0.5) is 0 Å². The molecule has 5 aromatic carbocycles. The van der Waals surface area contributed by atoms with Gasteiger partial charge in [-0.05, 0) is 94.5 Å². The first kappa shape index (κ1) is 101. The van der Waals surface area contributed by atoms with Gasteiger partial charge in [0.2, 0.25) is 88.6 Å². The number of nitrogens with zero attached hydrogens (tertiary/aromatic N) is 6. The highest BCUT2D eigenvalue weighted by Gasteiger charge is 2.42. The van der Waals surface area contributed by atoms with Crippen molar-refractivity contribution in [3.05, 3.63) is 197 Å². The lowest BCUT2D eigenvalue weighted by molar-refractivity contribution is -0.151. The number of phenolic OH excluding ortho intramolecular Hbond substituents is 2. The maximum Gasteiger partial charge on any atom is 0.305 e. The Balaban J connectivity index is 1.21. The fourth-order valence-electron chi connectivity index (χ4n) is 14.8. The van der Waals surface area contributed by atoms with E-state index in [1.807, 2.05) is 6.92 Å². The normalized spacial score (nSPS) is 21.9. The topological polar surface area (TPSA) is 513 Å². The van der Waals surface area contributed by atoms with Crippen LogP contribution in [0, 0.1) is 11.8 Å². The summed E-state index contributed by atoms with van der Waals surface area (Å²) in [5.74, 6) is -17.6. The summed E-state index contributed by atoms with van der Waals surface area (Å²) >= 11 is 0.826. The molecule has 1 fully saturated rings. The van der Waals surface area contributed by atoms with Crippen LogP contribution in [-0.2, 0) is 115 Å². The number of amides is 15. The van der Waals surface area contributed by atoms with Crippen LogP contribution in [0.1, 0.15) is 100 Å². The van der Waals surface area contributed by atoms with Gasteiger partial charge in [0.25, 0.3) is 0 Å². The van der Waals surface area contributed by atoms with Crippen molar-refractivity contribution < 1.29 is 92.0 Å². The summed E-state index contributed by atoms with van der Waals surface area (Å²) in [4.78, 5) is 248. The van der Waals surface area contributed by atoms with Gasteiger partial charge < -0.3 is 98.4 Å². The lowest BCUT2D eigenvalue weighted by atomic mass is 9.98. The Labute approximate surface area is 752 Å². The van der Waals surface area contributed by atoms with Gasteiger partial charge in [-0.3, -0.25) is 76.7 Å². The van der Waals surface area contributed by atoms with E-state index in [4.69, 9.17) is 5.73 Å². The average molecular weight is 1800 g/mol. The van der Waals surface area contributed by atoms with Gasteiger partial charge in [-0.25, -0.2) is 4.98 Å². The van der Waals surface area contributed by atoms with Crippen LogP contribution in [0.15, 0.2) is 164 Å². The fourth-order valence-corrected chi connectivity index (χ4v) is 15.7. The third-order valence-corrected chi connectivity index (χ3v) is 23.0. The lowest BCUT2D eigenvalue weighted by Crippen LogP contribution is -2.61. The second-order valence-corrected chi connectivity index (χ2v) is 33.9. The molecular formula is C92H117N17O19S. The summed E-state index contributed by atoms with van der Waals surface area (Å²) in [5.41, 5.74) is 8.78. The van der Waals surface area contributed by atoms with E-state index in [2.05, 4.69) is 57.8 Å². The van der Waals surface area contributed by atoms with Gasteiger partial charge in [0.15, 0.2) is 0 Å². The van der Waals surface area contributed by atoms with Crippen molar-refractivity contribution in [1.82, 2.24) is 82.3 Å². The van der Waals surface area contributed by atoms with E-state index in [1.54, 1.807) is 137 Å². The number of nitrogens with one attached hydrogen (secondary N) is 10. The van der Waals surface area contributed by atoms with Crippen LogP contribution in [-0.4, -0.2) is 277 Å². The molecule has 0 bridgehead atoms. The number of carboxylic acid groups (broad SMARTS) is 1. The number of likely N-dealkylation sites (N-methyl/N-ethyl adjacent to an activating group) is 5. The number of aromatic hydroxyl groups is 2. The van der Waals surface area contributed by atoms with E-state index in [-0.39, 0.29) is 74.5 Å². The molecule has 15 N–H and O–H groups in total. The average Bonchev–Trinajstić information content (AvgIpc) is 1.50. The van der Waals surface area contributed by atoms with Gasteiger partial charge in [0.1, 0.15) is 83.6 Å². The zero-order valence-corrected chi connectivity index (χ0v) is 74.8. The molecule has 37 heteroatoms. The summed E-state index contributed by atoms with van der Waals surface area (Å²) in [6.07, 6.45) is 1.48. The van der Waals surface area contributed by atoms with Crippen molar-refractivity contribution in [2.45, 2.75) is 172 Å². The van der Waals surface area contributed by atoms with Crippen molar-refractivity contribution in [2.75, 3.05) is 66.4 Å². The zero-order valence-electron chi connectivity index (χ0n) is 74.0. The number of benzene rings is 5. The van der Waals surface area contributed by atoms with Gasteiger partial charge in [-0.15, -0.1) is 11.8 Å². The second kappa shape index (κ2) is 48.8. The van der Waals surface area contributed by atoms with Gasteiger partial charge in [0.05, 0.1) is 31.8 Å². The molecule has 1 saturated heterocycles. The number of hydrogen-bond acceptors (Lipinski definition) is 20. The number of hydrogen-bond donors (Lipinski definition) is 14. The monoisotopic (exact) mass is 1800 g/mol. The molecule has 0 aliphatic carbocycles. The number of phenols is 2. The Morgan fingerprint density at radius 3 is 1.47 bits per heavy atom. The third-order valence-electron chi connectivity index (χ3n) is 21.9. The molecule has 1 aliphatic rings. The summed E-state index contributed by atoms with van der Waals surface area (Å²) in [6.45, 7) is 6.14. The molecule has 2 unspecified atom stereocenters. The number of aromatic amines is 1. The highest BCUT2D eigenvalue weighted by molar-refractivity contribution is 8.00. The molecule has 690 valence electrons. The SMILES string of the molecule is CCCC[C@H]1C(=O)N(C)CC(=O)N[C@@H](CC(=O)O)C(=O)N[C@@H](C(C)C)C(=O)N(C)[C@@H](Cc2ccccc2)C(=O)N[C@@H](Cc2ccc(O)cc2)C(=O)N(C)CC(=O)NC(Cc2c[nH]c3ncccc23)C(=O)N[C@@H](Cc2ccc(O)cc2)C(=O)N[C@@H](CC(C)C)C(=O)N[C@H](C(=O)NCC(N)=O)CSCC(=O)NC(Cc2ccccc2)C(=O)N(C)[C@@H](Cc2ccccc2)C(=O)N1C. The first-order chi connectivity index (χ1) is 61.4. The molecule has 2 aromatic heterocycles. The molecule has 11 atom stereocenters. The van der Waals surface area contributed by atoms with Crippen LogP contribution < -0.4 is 53.6 Å². The van der Waals surface area contributed by atoms with Crippen LogP contribution in [0.2, 0.25) is 0 Å². The number of H-pyrrole nitrogens is 1. The Bertz CT molecular complexity index is 5070. The number of aromatic nitrogens is 2. The van der Waals surface area contributed by atoms with Gasteiger partial charge >= 0.3 is 5.97 Å². The minimum Gasteiger partial charge on any atom is -0.508 e. The first-order valence-corrected chi connectivity index (χ1v) is 43.7. The molecule has 36 nitrogen and oxygen atoms in total. The molecule has 7 aromatic rings. The molecule has 15 amide bonds. The number of fused-ring (bicyclic) bond motifs is 1. The predicted octanol–water partition coefficient (Wildman–Crippen LogP) is 1.72. The molecule has 0 spiro atoms. The van der Waals surface area contributed by atoms with Crippen molar-refractivity contribution >= 4 is 117 Å². The van der Waals surface area contributed by atoms with Gasteiger partial charge in [-0.2, -0.15) is 0 Å². The Morgan fingerprint density at radius 2 is 0.938 bits per heavy atom. The smallest absolute Gasteiger partial charge is 0.305 e. The summed E-state index contributed by atoms with van der Waals surface area (Å²) in [6, 6.07) is 23.4. The standard InChI is InChI=1S/C92H117N17O19S/c1-11-12-30-72-90(126)106(7)51-77(114)98-68(47-79(116)117)86(122)104-80(55(4)5)92(128)108(9)73(44-57-25-18-14-19-26-57)87(123)102-69(43-60-33-37-63(111)38-34-60)88(124)105(6)50-76(113)97-67(46-61-48-95-81-64(61)29-22-39-94-81)85(121)101-66(41-59-31-35-62(110)36-32-59)84(120)100-65(40-54(2)3)83(119)103-71(82(118)96-49-75(93)112)52-129-53-78(115)99-70(42-56-23-16-13-17-24-56)89(125)109(10)74(91(127)107(72)8)45-58-27-20-15-21-28-58/h13-29,31-39,48,54-55,65-74,80,110-111H,11-12,30,40-47,49-53H2,1-10H3,(H2,93,112)(H,94,95)(H,96,118)(H,97,113)(H,98,114)(H,99,115)(H,100,120)(H,101,121)(H,102,123)(H,103,119)(H,104,122)(H,116,117)/t65-,66-,67?,68-,69-,70?,71-,72-,73-,74-,80-/m0/s1. The highest BCUT2D eigenvalue weighted by atomic mass is 32.2. The summed E-state index contributed by atoms with van der Waals surface area (Å²) < 4.78 is 0. The number of primary amides is 1. The van der Waals surface area contributed by atoms with E-state index in [0.717, 1.165) is 26.5 Å². The molecule has 0 saturated carbocycles. The molecule has 1 aliphatic heterocycles. The lowest BCUT2D eigenvalue weighted by Gasteiger charge is -2.37. The van der Waals surface area contributed by atoms with E-state index in [0.29, 0.717) is 57.3 Å². The predicted molar refractivity (Wildman–Crippen MR) is 480 cm³/mol. The number of thioether (sulfide) groups is 1. The molecule has 8 rings (SSSR count). The minimum absolute atomic E-state index is 0.0286. The number of carbonyl (C=O) groups is 16. The number of rotatable bonds is 23. The molecule has 3 heterocycles. The van der Waals surface area contributed by atoms with Crippen molar-refractivity contribution in [3.63, 3.8) is 0 Å². The fraction of sp³-hybridized carbons (Fsp3) is 0.424. The zero-order chi connectivity index (χ0) is 94.3. The van der Waals surface area contributed by atoms with Crippen LogP contribution in [0.25, 0.3) is 11.0 Å². The molecular weight excluding hydrogens is 1680 g/mol. The first-order valence-electron chi connectivity index (χ1n) is 42.5. The number of carboxylic acids is 1. The van der Waals surface area contributed by atoms with Crippen molar-refractivity contribution in [1.29, 1.82) is 0 Å². The summed E-state index contributed by atoms with van der Waals surface area (Å²) in [7, 11) is 6.52. The Morgan fingerprint density at radius 1 is 0.481 bits per heavy atom. The largest absolute Gasteiger partial charge is 0.508 e. The third kappa shape index (κ3) is 30.5. The number of aliphatic carboxylic acids is 1.